The zero-order valence-corrected chi connectivity index (χ0v) is 15.5. The number of nitrogens with zero attached hydrogens (tertiary/aromatic N) is 5. The number of nitrogens with one attached hydrogen (secondary N) is 1. The number of amides is 1. The van der Waals surface area contributed by atoms with Crippen LogP contribution in [0.1, 0.15) is 34.5 Å². The van der Waals surface area contributed by atoms with Crippen molar-refractivity contribution in [3.05, 3.63) is 65.7 Å². The van der Waals surface area contributed by atoms with Crippen molar-refractivity contribution in [2.24, 2.45) is 4.99 Å². The number of pyridine rings is 1. The first-order valence-corrected chi connectivity index (χ1v) is 9.09. The number of para-hydroxylation sites is 1. The van der Waals surface area contributed by atoms with Gasteiger partial charge in [0.05, 0.1) is 23.1 Å². The molecule has 1 aliphatic rings. The molecule has 2 aromatic heterocycles. The number of anilines is 1. The van der Waals surface area contributed by atoms with E-state index in [0.29, 0.717) is 29.1 Å². The fraction of sp³-hybridized carbons (Fsp3) is 0.143. The van der Waals surface area contributed by atoms with Crippen LogP contribution in [0, 0.1) is 11.3 Å². The highest BCUT2D eigenvalue weighted by Crippen LogP contribution is 2.25. The lowest BCUT2D eigenvalue weighted by atomic mass is 10.1. The number of hydrogen-bond donors (Lipinski definition) is 2. The molecule has 8 nitrogen and oxygen atoms in total. The van der Waals surface area contributed by atoms with Crippen molar-refractivity contribution >= 4 is 23.2 Å². The third-order valence-electron chi connectivity index (χ3n) is 4.60. The third kappa shape index (κ3) is 3.80. The summed E-state index contributed by atoms with van der Waals surface area (Å²) < 4.78 is 0. The van der Waals surface area contributed by atoms with Gasteiger partial charge in [0.1, 0.15) is 11.9 Å². The smallest absolute Gasteiger partial charge is 0.279 e. The molecule has 3 aromatic rings. The third-order valence-corrected chi connectivity index (χ3v) is 4.60. The van der Waals surface area contributed by atoms with Crippen molar-refractivity contribution in [1.29, 1.82) is 5.26 Å². The maximum absolute atomic E-state index is 12.8. The lowest BCUT2D eigenvalue weighted by molar-refractivity contribution is 0.0972. The van der Waals surface area contributed by atoms with Crippen LogP contribution in [0.25, 0.3) is 11.3 Å². The van der Waals surface area contributed by atoms with Crippen LogP contribution in [0.5, 0.6) is 0 Å². The van der Waals surface area contributed by atoms with Gasteiger partial charge in [0, 0.05) is 24.4 Å². The van der Waals surface area contributed by atoms with E-state index in [2.05, 4.69) is 31.3 Å². The standard InChI is InChI=1S/C21H17N7O/c22-10-14-11-24-9-8-15(14)17-12-25-20(23)19(27-17)21(29)28-18-7-3-5-13-4-1-2-6-16(13)26-18/h1-2,4,6,8-9,11-12H,3,5,7H2,(H2,23,25)(H,26,28,29). The number of amidine groups is 1. The minimum atomic E-state index is -0.484. The fourth-order valence-electron chi connectivity index (χ4n) is 3.16. The molecule has 0 unspecified atom stereocenters. The second-order valence-corrected chi connectivity index (χ2v) is 6.52. The highest BCUT2D eigenvalue weighted by molar-refractivity contribution is 6.08. The second kappa shape index (κ2) is 7.86. The zero-order valence-electron chi connectivity index (χ0n) is 15.5. The number of fused-ring (bicyclic) bond motifs is 1. The van der Waals surface area contributed by atoms with Crippen molar-refractivity contribution in [3.8, 4) is 17.3 Å². The Bertz CT molecular complexity index is 1160. The van der Waals surface area contributed by atoms with Crippen molar-refractivity contribution in [1.82, 2.24) is 20.3 Å². The van der Waals surface area contributed by atoms with E-state index >= 15 is 0 Å². The molecule has 0 bridgehead atoms. The van der Waals surface area contributed by atoms with E-state index in [-0.39, 0.29) is 11.5 Å². The molecule has 1 amide bonds. The molecule has 1 aromatic carbocycles. The fourth-order valence-corrected chi connectivity index (χ4v) is 3.16. The SMILES string of the molecule is N#Cc1cnccc1-c1cnc(N)c(C(=O)NC2=Nc3ccccc3CCC2)n1. The molecule has 0 radical (unpaired) electrons. The molecular formula is C21H17N7O. The van der Waals surface area contributed by atoms with Crippen LogP contribution in [0.2, 0.25) is 0 Å². The Hall–Kier alpha value is -4.12. The molecule has 142 valence electrons. The van der Waals surface area contributed by atoms with E-state index in [9.17, 15) is 10.1 Å². The van der Waals surface area contributed by atoms with Crippen LogP contribution in [0.4, 0.5) is 11.5 Å². The van der Waals surface area contributed by atoms with Gasteiger partial charge < -0.3 is 11.1 Å². The number of benzene rings is 1. The topological polar surface area (TPSA) is 130 Å². The number of nitrogens with two attached hydrogens (primary N) is 1. The first-order valence-electron chi connectivity index (χ1n) is 9.09. The Balaban J connectivity index is 1.64. The average molecular weight is 383 g/mol. The number of aliphatic imine (C=N–C) groups is 1. The van der Waals surface area contributed by atoms with E-state index in [1.54, 1.807) is 12.3 Å². The summed E-state index contributed by atoms with van der Waals surface area (Å²) in [7, 11) is 0. The van der Waals surface area contributed by atoms with Gasteiger partial charge in [0.2, 0.25) is 0 Å². The van der Waals surface area contributed by atoms with Gasteiger partial charge in [0.25, 0.3) is 5.91 Å². The zero-order chi connectivity index (χ0) is 20.2. The lowest BCUT2D eigenvalue weighted by Gasteiger charge is -2.10. The Morgan fingerprint density at radius 3 is 2.90 bits per heavy atom. The van der Waals surface area contributed by atoms with Crippen molar-refractivity contribution in [2.75, 3.05) is 5.73 Å². The predicted octanol–water partition coefficient (Wildman–Crippen LogP) is 2.79. The molecule has 0 saturated carbocycles. The van der Waals surface area contributed by atoms with Gasteiger partial charge in [-0.3, -0.25) is 9.78 Å². The van der Waals surface area contributed by atoms with Crippen molar-refractivity contribution < 1.29 is 4.79 Å². The number of carbonyl (C=O) groups excluding carboxylic acids is 1. The molecule has 0 fully saturated rings. The molecule has 0 aliphatic carbocycles. The summed E-state index contributed by atoms with van der Waals surface area (Å²) in [4.78, 5) is 29.8. The van der Waals surface area contributed by atoms with Gasteiger partial charge in [-0.25, -0.2) is 15.0 Å². The number of aryl methyl sites for hydroxylation is 1. The minimum absolute atomic E-state index is 0.00781. The largest absolute Gasteiger partial charge is 0.382 e. The van der Waals surface area contributed by atoms with E-state index in [0.717, 1.165) is 24.1 Å². The van der Waals surface area contributed by atoms with Gasteiger partial charge in [0.15, 0.2) is 11.5 Å². The van der Waals surface area contributed by atoms with Crippen LogP contribution in [-0.4, -0.2) is 26.7 Å². The highest BCUT2D eigenvalue weighted by Gasteiger charge is 2.19. The molecule has 29 heavy (non-hydrogen) atoms. The van der Waals surface area contributed by atoms with Gasteiger partial charge in [-0.1, -0.05) is 18.2 Å². The van der Waals surface area contributed by atoms with Crippen molar-refractivity contribution in [2.45, 2.75) is 19.3 Å². The van der Waals surface area contributed by atoms with E-state index in [4.69, 9.17) is 5.73 Å². The monoisotopic (exact) mass is 383 g/mol. The summed E-state index contributed by atoms with van der Waals surface area (Å²) in [5.41, 5.74) is 9.13. The Kier molecular flexibility index (Phi) is 4.95. The van der Waals surface area contributed by atoms with Gasteiger partial charge in [-0.05, 0) is 30.5 Å². The molecule has 0 atom stereocenters. The number of aromatic nitrogens is 3. The van der Waals surface area contributed by atoms with E-state index in [1.807, 2.05) is 24.3 Å². The van der Waals surface area contributed by atoms with Crippen LogP contribution in [0.3, 0.4) is 0 Å². The van der Waals surface area contributed by atoms with E-state index < -0.39 is 5.91 Å². The summed E-state index contributed by atoms with van der Waals surface area (Å²) in [6.07, 6.45) is 6.82. The summed E-state index contributed by atoms with van der Waals surface area (Å²) in [5.74, 6) is 0.0872. The summed E-state index contributed by atoms with van der Waals surface area (Å²) in [6, 6.07) is 11.6. The van der Waals surface area contributed by atoms with Gasteiger partial charge in [-0.2, -0.15) is 5.26 Å². The number of carbonyl (C=O) groups is 1. The summed E-state index contributed by atoms with van der Waals surface area (Å²) in [5, 5.41) is 12.1. The van der Waals surface area contributed by atoms with Crippen LogP contribution >= 0.6 is 0 Å². The quantitative estimate of drug-likeness (QED) is 0.700. The Labute approximate surface area is 167 Å². The van der Waals surface area contributed by atoms with E-state index in [1.165, 1.54) is 12.4 Å². The maximum atomic E-state index is 12.8. The van der Waals surface area contributed by atoms with Crippen LogP contribution in [-0.2, 0) is 6.42 Å². The minimum Gasteiger partial charge on any atom is -0.382 e. The predicted molar refractivity (Wildman–Crippen MR) is 108 cm³/mol. The summed E-state index contributed by atoms with van der Waals surface area (Å²) >= 11 is 0. The molecule has 4 rings (SSSR count). The average Bonchev–Trinajstić information content (AvgIpc) is 2.95. The first-order chi connectivity index (χ1) is 14.2. The van der Waals surface area contributed by atoms with Crippen molar-refractivity contribution in [3.63, 3.8) is 0 Å². The van der Waals surface area contributed by atoms with Gasteiger partial charge >= 0.3 is 0 Å². The van der Waals surface area contributed by atoms with Crippen LogP contribution in [0.15, 0.2) is 53.9 Å². The van der Waals surface area contributed by atoms with Gasteiger partial charge in [-0.15, -0.1) is 0 Å². The molecule has 3 heterocycles. The molecule has 3 N–H and O–H groups in total. The molecule has 0 spiro atoms. The molecule has 1 aliphatic heterocycles. The Morgan fingerprint density at radius 1 is 1.17 bits per heavy atom. The van der Waals surface area contributed by atoms with Crippen LogP contribution < -0.4 is 11.1 Å². The normalized spacial score (nSPS) is 12.9. The first kappa shape index (κ1) is 18.3. The number of hydrogen-bond acceptors (Lipinski definition) is 7. The Morgan fingerprint density at radius 2 is 2.03 bits per heavy atom. The second-order valence-electron chi connectivity index (χ2n) is 6.52. The number of rotatable bonds is 2. The number of nitriles is 1. The summed E-state index contributed by atoms with van der Waals surface area (Å²) in [6.45, 7) is 0. The molecular weight excluding hydrogens is 366 g/mol. The maximum Gasteiger partial charge on any atom is 0.279 e. The highest BCUT2D eigenvalue weighted by atomic mass is 16.2. The number of nitrogen functional groups attached to an aromatic ring is 1. The molecule has 0 saturated heterocycles. The molecule has 8 heteroatoms. The lowest BCUT2D eigenvalue weighted by Crippen LogP contribution is -2.31.